The number of sulfone groups is 1. The van der Waals surface area contributed by atoms with Gasteiger partial charge in [0.1, 0.15) is 5.82 Å². The highest BCUT2D eigenvalue weighted by atomic mass is 32.2. The topological polar surface area (TPSA) is 117 Å². The average Bonchev–Trinajstić information content (AvgIpc) is 2.86. The molecule has 3 N–H and O–H groups in total. The van der Waals surface area contributed by atoms with Crippen molar-refractivity contribution in [2.75, 3.05) is 11.6 Å². The van der Waals surface area contributed by atoms with Crippen molar-refractivity contribution in [1.29, 1.82) is 0 Å². The highest BCUT2D eigenvalue weighted by molar-refractivity contribution is 7.90. The second-order valence-corrected chi connectivity index (χ2v) is 7.36. The zero-order chi connectivity index (χ0) is 17.2. The minimum Gasteiger partial charge on any atom is -0.328 e. The summed E-state index contributed by atoms with van der Waals surface area (Å²) < 4.78 is 23.2. The number of nitrogens with one attached hydrogen (secondary N) is 3. The number of aromatic nitrogens is 3. The molecule has 2 rings (SSSR count). The Morgan fingerprint density at radius 2 is 2.00 bits per heavy atom. The van der Waals surface area contributed by atoms with Gasteiger partial charge in [-0.15, -0.1) is 0 Å². The fraction of sp³-hybridized carbons (Fsp3) is 0.357. The predicted octanol–water partition coefficient (Wildman–Crippen LogP) is 1.71. The summed E-state index contributed by atoms with van der Waals surface area (Å²) in [5.41, 5.74) is 1.19. The Bertz CT molecular complexity index is 829. The molecule has 0 spiro atoms. The highest BCUT2D eigenvalue weighted by Crippen LogP contribution is 2.20. The lowest BCUT2D eigenvalue weighted by Crippen LogP contribution is -2.32. The van der Waals surface area contributed by atoms with Crippen LogP contribution in [0.3, 0.4) is 0 Å². The zero-order valence-corrected chi connectivity index (χ0v) is 14.2. The minimum absolute atomic E-state index is 0.149. The predicted molar refractivity (Wildman–Crippen MR) is 86.0 cm³/mol. The summed E-state index contributed by atoms with van der Waals surface area (Å²) in [5, 5.41) is 12.0. The fourth-order valence-electron chi connectivity index (χ4n) is 1.94. The number of anilines is 1. The molecule has 1 atom stereocenters. The van der Waals surface area contributed by atoms with Gasteiger partial charge in [0.05, 0.1) is 10.9 Å². The van der Waals surface area contributed by atoms with E-state index in [1.807, 2.05) is 0 Å². The molecule has 0 saturated carbocycles. The monoisotopic (exact) mass is 337 g/mol. The van der Waals surface area contributed by atoms with Gasteiger partial charge in [-0.05, 0) is 38.5 Å². The molecule has 0 saturated heterocycles. The number of H-pyrrole nitrogens is 1. The van der Waals surface area contributed by atoms with Crippen molar-refractivity contribution in [1.82, 2.24) is 20.5 Å². The summed E-state index contributed by atoms with van der Waals surface area (Å²) in [7, 11) is -3.34. The summed E-state index contributed by atoms with van der Waals surface area (Å²) in [5.74, 6) is 1.13. The third-order valence-electron chi connectivity index (χ3n) is 3.23. The SMILES string of the molecule is Cc1nc([C@H](C)NC(=O)Nc2cc(S(C)(=O)=O)ccc2C)n[nH]1. The van der Waals surface area contributed by atoms with Crippen LogP contribution in [0.2, 0.25) is 0 Å². The Kier molecular flexibility index (Phi) is 4.69. The molecule has 1 aromatic heterocycles. The first kappa shape index (κ1) is 16.9. The number of nitrogens with zero attached hydrogens (tertiary/aromatic N) is 2. The normalized spacial score (nSPS) is 12.7. The van der Waals surface area contributed by atoms with Crippen molar-refractivity contribution >= 4 is 21.6 Å². The third kappa shape index (κ3) is 4.28. The van der Waals surface area contributed by atoms with E-state index in [0.29, 0.717) is 17.3 Å². The van der Waals surface area contributed by atoms with Crippen molar-refractivity contribution in [2.24, 2.45) is 0 Å². The molecule has 8 nitrogen and oxygen atoms in total. The summed E-state index contributed by atoms with van der Waals surface area (Å²) in [6, 6.07) is 3.74. The molecule has 0 radical (unpaired) electrons. The Morgan fingerprint density at radius 1 is 1.30 bits per heavy atom. The van der Waals surface area contributed by atoms with E-state index < -0.39 is 21.9 Å². The van der Waals surface area contributed by atoms with E-state index in [2.05, 4.69) is 25.8 Å². The molecular formula is C14H19N5O3S. The number of benzene rings is 1. The van der Waals surface area contributed by atoms with Gasteiger partial charge >= 0.3 is 6.03 Å². The quantitative estimate of drug-likeness (QED) is 0.785. The Morgan fingerprint density at radius 3 is 2.57 bits per heavy atom. The molecule has 23 heavy (non-hydrogen) atoms. The molecule has 1 heterocycles. The number of hydrogen-bond donors (Lipinski definition) is 3. The molecule has 1 aromatic carbocycles. The van der Waals surface area contributed by atoms with Crippen molar-refractivity contribution in [2.45, 2.75) is 31.7 Å². The third-order valence-corrected chi connectivity index (χ3v) is 4.35. The Labute approximate surface area is 134 Å². The van der Waals surface area contributed by atoms with Crippen molar-refractivity contribution < 1.29 is 13.2 Å². The molecule has 0 fully saturated rings. The van der Waals surface area contributed by atoms with Crippen LogP contribution >= 0.6 is 0 Å². The van der Waals surface area contributed by atoms with Gasteiger partial charge in [0.25, 0.3) is 0 Å². The van der Waals surface area contributed by atoms with E-state index in [-0.39, 0.29) is 4.90 Å². The number of carbonyl (C=O) groups excluding carboxylic acids is 1. The second kappa shape index (κ2) is 6.37. The Balaban J connectivity index is 2.11. The summed E-state index contributed by atoms with van der Waals surface area (Å²) >= 11 is 0. The highest BCUT2D eigenvalue weighted by Gasteiger charge is 2.15. The number of carbonyl (C=O) groups is 1. The average molecular weight is 337 g/mol. The van der Waals surface area contributed by atoms with Gasteiger partial charge in [-0.25, -0.2) is 18.2 Å². The van der Waals surface area contributed by atoms with Gasteiger partial charge in [0.2, 0.25) is 0 Å². The molecular weight excluding hydrogens is 318 g/mol. The van der Waals surface area contributed by atoms with Crippen molar-refractivity contribution in [3.63, 3.8) is 0 Å². The molecule has 9 heteroatoms. The summed E-state index contributed by atoms with van der Waals surface area (Å²) in [4.78, 5) is 16.4. The number of rotatable bonds is 4. The molecule has 0 aliphatic rings. The molecule has 2 amide bonds. The molecule has 0 aliphatic heterocycles. The maximum atomic E-state index is 12.1. The van der Waals surface area contributed by atoms with E-state index >= 15 is 0 Å². The van der Waals surface area contributed by atoms with Crippen LogP contribution in [0.15, 0.2) is 23.1 Å². The number of hydrogen-bond acceptors (Lipinski definition) is 5. The van der Waals surface area contributed by atoms with Gasteiger partial charge in [-0.3, -0.25) is 5.10 Å². The molecule has 124 valence electrons. The van der Waals surface area contributed by atoms with Crippen LogP contribution in [0.1, 0.15) is 30.2 Å². The van der Waals surface area contributed by atoms with Gasteiger partial charge in [0.15, 0.2) is 15.7 Å². The number of aryl methyl sites for hydroxylation is 2. The van der Waals surface area contributed by atoms with Crippen LogP contribution < -0.4 is 10.6 Å². The number of amides is 2. The van der Waals surface area contributed by atoms with Gasteiger partial charge in [0, 0.05) is 11.9 Å². The van der Waals surface area contributed by atoms with Gasteiger partial charge < -0.3 is 10.6 Å². The first-order chi connectivity index (χ1) is 10.7. The first-order valence-electron chi connectivity index (χ1n) is 6.94. The van der Waals surface area contributed by atoms with Crippen LogP contribution in [-0.2, 0) is 9.84 Å². The maximum absolute atomic E-state index is 12.1. The van der Waals surface area contributed by atoms with Crippen LogP contribution in [0.5, 0.6) is 0 Å². The van der Waals surface area contributed by atoms with Crippen molar-refractivity contribution in [3.8, 4) is 0 Å². The molecule has 0 bridgehead atoms. The fourth-order valence-corrected chi connectivity index (χ4v) is 2.59. The first-order valence-corrected chi connectivity index (χ1v) is 8.83. The smallest absolute Gasteiger partial charge is 0.319 e. The zero-order valence-electron chi connectivity index (χ0n) is 13.3. The van der Waals surface area contributed by atoms with Crippen LogP contribution in [0.4, 0.5) is 10.5 Å². The maximum Gasteiger partial charge on any atom is 0.319 e. The molecule has 0 unspecified atom stereocenters. The van der Waals surface area contributed by atoms with Crippen LogP contribution in [-0.4, -0.2) is 35.9 Å². The standard InChI is InChI=1S/C14H19N5O3S/c1-8-5-6-11(23(4,21)22)7-12(8)17-14(20)15-9(2)13-16-10(3)18-19-13/h5-7,9H,1-4H3,(H2,15,17,20)(H,16,18,19)/t9-/m0/s1. The summed E-state index contributed by atoms with van der Waals surface area (Å²) in [6.45, 7) is 5.30. The minimum atomic E-state index is -3.34. The molecule has 0 aliphatic carbocycles. The van der Waals surface area contributed by atoms with E-state index in [1.165, 1.54) is 12.1 Å². The van der Waals surface area contributed by atoms with Crippen molar-refractivity contribution in [3.05, 3.63) is 35.4 Å². The van der Waals surface area contributed by atoms with Gasteiger partial charge in [-0.1, -0.05) is 6.07 Å². The largest absolute Gasteiger partial charge is 0.328 e. The Hall–Kier alpha value is -2.42. The summed E-state index contributed by atoms with van der Waals surface area (Å²) in [6.07, 6.45) is 1.12. The second-order valence-electron chi connectivity index (χ2n) is 5.35. The van der Waals surface area contributed by atoms with E-state index in [9.17, 15) is 13.2 Å². The van der Waals surface area contributed by atoms with E-state index in [1.54, 1.807) is 26.8 Å². The van der Waals surface area contributed by atoms with Crippen LogP contribution in [0.25, 0.3) is 0 Å². The number of urea groups is 1. The van der Waals surface area contributed by atoms with Gasteiger partial charge in [-0.2, -0.15) is 5.10 Å². The lowest BCUT2D eigenvalue weighted by atomic mass is 10.2. The lowest BCUT2D eigenvalue weighted by Gasteiger charge is -2.14. The van der Waals surface area contributed by atoms with E-state index in [4.69, 9.17) is 0 Å². The number of aromatic amines is 1. The lowest BCUT2D eigenvalue weighted by molar-refractivity contribution is 0.249. The van der Waals surface area contributed by atoms with Crippen LogP contribution in [0, 0.1) is 13.8 Å². The molecule has 2 aromatic rings. The van der Waals surface area contributed by atoms with E-state index in [0.717, 1.165) is 11.8 Å².